The Morgan fingerprint density at radius 2 is 1.81 bits per heavy atom. The number of rotatable bonds is 2. The van der Waals surface area contributed by atoms with Gasteiger partial charge in [-0.05, 0) is 38.2 Å². The van der Waals surface area contributed by atoms with Gasteiger partial charge in [0.1, 0.15) is 10.7 Å². The lowest BCUT2D eigenvalue weighted by molar-refractivity contribution is 0.0915. The molecule has 3 aromatic heterocycles. The van der Waals surface area contributed by atoms with Gasteiger partial charge in [0.15, 0.2) is 10.9 Å². The van der Waals surface area contributed by atoms with Gasteiger partial charge in [-0.1, -0.05) is 25.2 Å². The van der Waals surface area contributed by atoms with E-state index in [0.717, 1.165) is 33.6 Å². The largest absolute Gasteiger partial charge is 0.297 e. The maximum Gasteiger partial charge on any atom is 0.267 e. The SMILES string of the molecule is Cc1nc(C)c2c(C)c(C(=O)Nc3nc4c(s3)C(=O)CC(C)(C)C4)sc2n1. The number of anilines is 1. The van der Waals surface area contributed by atoms with E-state index in [4.69, 9.17) is 0 Å². The van der Waals surface area contributed by atoms with Crippen molar-refractivity contribution < 1.29 is 9.59 Å². The molecule has 1 N–H and O–H groups in total. The number of hydrogen-bond acceptors (Lipinski definition) is 7. The third kappa shape index (κ3) is 3.17. The van der Waals surface area contributed by atoms with Gasteiger partial charge in [0.25, 0.3) is 5.91 Å². The number of carbonyl (C=O) groups excluding carboxylic acids is 2. The van der Waals surface area contributed by atoms with Crippen molar-refractivity contribution in [2.24, 2.45) is 5.41 Å². The Hall–Kier alpha value is -2.19. The first-order valence-electron chi connectivity index (χ1n) is 8.73. The van der Waals surface area contributed by atoms with Crippen LogP contribution in [-0.4, -0.2) is 26.6 Å². The lowest BCUT2D eigenvalue weighted by Crippen LogP contribution is -2.26. The molecule has 0 fully saturated rings. The summed E-state index contributed by atoms with van der Waals surface area (Å²) < 4.78 is 0. The van der Waals surface area contributed by atoms with Crippen LogP contribution >= 0.6 is 22.7 Å². The molecule has 3 heterocycles. The van der Waals surface area contributed by atoms with E-state index in [-0.39, 0.29) is 17.1 Å². The Balaban J connectivity index is 1.66. The fraction of sp³-hybridized carbons (Fsp3) is 0.421. The van der Waals surface area contributed by atoms with Crippen LogP contribution in [0.2, 0.25) is 0 Å². The van der Waals surface area contributed by atoms with Gasteiger partial charge in [0, 0.05) is 17.5 Å². The summed E-state index contributed by atoms with van der Waals surface area (Å²) >= 11 is 2.63. The van der Waals surface area contributed by atoms with Crippen molar-refractivity contribution in [3.8, 4) is 0 Å². The normalized spacial score (nSPS) is 15.8. The number of carbonyl (C=O) groups is 2. The van der Waals surface area contributed by atoms with Gasteiger partial charge >= 0.3 is 0 Å². The topological polar surface area (TPSA) is 84.8 Å². The Labute approximate surface area is 165 Å². The second-order valence-corrected chi connectivity index (χ2v) is 9.78. The minimum absolute atomic E-state index is 0.0877. The highest BCUT2D eigenvalue weighted by Gasteiger charge is 2.34. The van der Waals surface area contributed by atoms with Gasteiger partial charge in [0.2, 0.25) is 0 Å². The van der Waals surface area contributed by atoms with Crippen LogP contribution in [0.4, 0.5) is 5.13 Å². The van der Waals surface area contributed by atoms with Crippen molar-refractivity contribution in [3.05, 3.63) is 32.5 Å². The average Bonchev–Trinajstić information content (AvgIpc) is 3.07. The van der Waals surface area contributed by atoms with Crippen molar-refractivity contribution >= 4 is 49.7 Å². The monoisotopic (exact) mass is 400 g/mol. The quantitative estimate of drug-likeness (QED) is 0.685. The fourth-order valence-electron chi connectivity index (χ4n) is 3.62. The van der Waals surface area contributed by atoms with E-state index in [2.05, 4.69) is 34.1 Å². The van der Waals surface area contributed by atoms with E-state index in [1.807, 2.05) is 20.8 Å². The lowest BCUT2D eigenvalue weighted by atomic mass is 9.78. The molecule has 3 aromatic rings. The number of thiazole rings is 1. The maximum absolute atomic E-state index is 12.9. The summed E-state index contributed by atoms with van der Waals surface area (Å²) in [5.41, 5.74) is 2.46. The number of aromatic nitrogens is 3. The first kappa shape index (κ1) is 18.2. The third-order valence-corrected chi connectivity index (χ3v) is 6.98. The molecule has 0 aliphatic heterocycles. The maximum atomic E-state index is 12.9. The summed E-state index contributed by atoms with van der Waals surface area (Å²) in [6, 6.07) is 0. The first-order chi connectivity index (χ1) is 12.6. The predicted octanol–water partition coefficient (Wildman–Crippen LogP) is 4.48. The molecule has 0 saturated carbocycles. The molecule has 6 nitrogen and oxygen atoms in total. The van der Waals surface area contributed by atoms with Crippen molar-refractivity contribution in [1.29, 1.82) is 0 Å². The fourth-order valence-corrected chi connectivity index (χ4v) is 5.71. The molecule has 0 aromatic carbocycles. The zero-order chi connectivity index (χ0) is 19.5. The molecule has 0 atom stereocenters. The predicted molar refractivity (Wildman–Crippen MR) is 108 cm³/mol. The number of Topliss-reactive ketones (excluding diaryl/α,β-unsaturated/α-hetero) is 1. The van der Waals surface area contributed by atoms with Crippen LogP contribution in [0.5, 0.6) is 0 Å². The minimum atomic E-state index is -0.217. The summed E-state index contributed by atoms with van der Waals surface area (Å²) in [5.74, 6) is 0.589. The minimum Gasteiger partial charge on any atom is -0.297 e. The van der Waals surface area contributed by atoms with Crippen molar-refractivity contribution in [2.75, 3.05) is 5.32 Å². The molecule has 0 spiro atoms. The van der Waals surface area contributed by atoms with E-state index in [0.29, 0.717) is 27.1 Å². The molecule has 1 amide bonds. The molecule has 0 saturated heterocycles. The van der Waals surface area contributed by atoms with Gasteiger partial charge in [-0.15, -0.1) is 11.3 Å². The summed E-state index contributed by atoms with van der Waals surface area (Å²) in [6.45, 7) is 9.83. The molecule has 140 valence electrons. The number of amides is 1. The molecule has 8 heteroatoms. The second kappa shape index (κ2) is 6.17. The summed E-state index contributed by atoms with van der Waals surface area (Å²) in [6.07, 6.45) is 1.26. The number of nitrogens with zero attached hydrogens (tertiary/aromatic N) is 3. The number of nitrogens with one attached hydrogen (secondary N) is 1. The number of hydrogen-bond donors (Lipinski definition) is 1. The second-order valence-electron chi connectivity index (χ2n) is 7.78. The smallest absolute Gasteiger partial charge is 0.267 e. The molecular formula is C19H20N4O2S2. The highest BCUT2D eigenvalue weighted by Crippen LogP contribution is 2.39. The number of fused-ring (bicyclic) bond motifs is 2. The summed E-state index contributed by atoms with van der Waals surface area (Å²) in [5, 5.41) is 4.29. The van der Waals surface area contributed by atoms with Crippen LogP contribution in [0, 0.1) is 26.2 Å². The van der Waals surface area contributed by atoms with Gasteiger partial charge in [-0.2, -0.15) is 0 Å². The van der Waals surface area contributed by atoms with Crippen LogP contribution in [0.3, 0.4) is 0 Å². The van der Waals surface area contributed by atoms with E-state index in [9.17, 15) is 9.59 Å². The van der Waals surface area contributed by atoms with Crippen LogP contribution in [0.1, 0.15) is 62.4 Å². The van der Waals surface area contributed by atoms with Gasteiger partial charge in [0.05, 0.1) is 15.4 Å². The third-order valence-electron chi connectivity index (χ3n) is 4.75. The van der Waals surface area contributed by atoms with E-state index in [1.54, 1.807) is 0 Å². The van der Waals surface area contributed by atoms with Gasteiger partial charge < -0.3 is 0 Å². The molecule has 0 unspecified atom stereocenters. The first-order valence-corrected chi connectivity index (χ1v) is 10.4. The molecule has 4 rings (SSSR count). The molecule has 0 bridgehead atoms. The van der Waals surface area contributed by atoms with Gasteiger partial charge in [-0.25, -0.2) is 15.0 Å². The van der Waals surface area contributed by atoms with Crippen molar-refractivity contribution in [3.63, 3.8) is 0 Å². The van der Waals surface area contributed by atoms with Crippen molar-refractivity contribution in [2.45, 2.75) is 47.5 Å². The highest BCUT2D eigenvalue weighted by molar-refractivity contribution is 7.21. The van der Waals surface area contributed by atoms with Crippen LogP contribution in [0.25, 0.3) is 10.2 Å². The summed E-state index contributed by atoms with van der Waals surface area (Å²) in [4.78, 5) is 40.7. The standard InChI is InChI=1S/C19H20N4O2S2/c1-8-13-9(2)20-10(3)21-17(13)26-14(8)16(25)23-18-22-11-6-19(4,5)7-12(24)15(11)27-18/h6-7H2,1-5H3,(H,22,23,25). The number of thiophene rings is 1. The Bertz CT molecular complexity index is 1110. The zero-order valence-corrected chi connectivity index (χ0v) is 17.5. The Kier molecular flexibility index (Phi) is 4.16. The average molecular weight is 401 g/mol. The number of aryl methyl sites for hydroxylation is 3. The molecule has 1 aliphatic rings. The van der Waals surface area contributed by atoms with E-state index >= 15 is 0 Å². The zero-order valence-electron chi connectivity index (χ0n) is 15.9. The lowest BCUT2D eigenvalue weighted by Gasteiger charge is -2.26. The molecule has 1 aliphatic carbocycles. The van der Waals surface area contributed by atoms with Crippen LogP contribution in [0.15, 0.2) is 0 Å². The number of ketones is 1. The van der Waals surface area contributed by atoms with E-state index < -0.39 is 0 Å². The van der Waals surface area contributed by atoms with E-state index in [1.165, 1.54) is 22.7 Å². The Morgan fingerprint density at radius 1 is 1.07 bits per heavy atom. The Morgan fingerprint density at radius 3 is 2.56 bits per heavy atom. The van der Waals surface area contributed by atoms with Gasteiger partial charge in [-0.3, -0.25) is 14.9 Å². The molecule has 0 radical (unpaired) electrons. The molecular weight excluding hydrogens is 380 g/mol. The van der Waals surface area contributed by atoms with Crippen LogP contribution < -0.4 is 5.32 Å². The molecule has 27 heavy (non-hydrogen) atoms. The highest BCUT2D eigenvalue weighted by atomic mass is 32.1. The summed E-state index contributed by atoms with van der Waals surface area (Å²) in [7, 11) is 0. The van der Waals surface area contributed by atoms with Crippen molar-refractivity contribution in [1.82, 2.24) is 15.0 Å². The van der Waals surface area contributed by atoms with Crippen LogP contribution in [-0.2, 0) is 6.42 Å².